The Balaban J connectivity index is 1.54. The highest BCUT2D eigenvalue weighted by atomic mass is 19.4. The number of benzene rings is 4. The van der Waals surface area contributed by atoms with Crippen LogP contribution in [-0.2, 0) is 31.1 Å². The fourth-order valence-corrected chi connectivity index (χ4v) is 4.81. The van der Waals surface area contributed by atoms with Crippen molar-refractivity contribution in [3.8, 4) is 33.4 Å². The van der Waals surface area contributed by atoms with Crippen LogP contribution in [0.2, 0.25) is 0 Å². The molecule has 0 N–H and O–H groups in total. The van der Waals surface area contributed by atoms with Gasteiger partial charge in [0.2, 0.25) is 0 Å². The molecule has 5 rings (SSSR count). The van der Waals surface area contributed by atoms with Crippen molar-refractivity contribution in [2.45, 2.75) is 31.1 Å². The van der Waals surface area contributed by atoms with Crippen molar-refractivity contribution in [2.24, 2.45) is 0 Å². The molecule has 12 heteroatoms. The third-order valence-electron chi connectivity index (χ3n) is 6.72. The van der Waals surface area contributed by atoms with E-state index in [1.165, 1.54) is 36.4 Å². The second-order valence-corrected chi connectivity index (χ2v) is 9.51. The van der Waals surface area contributed by atoms with Gasteiger partial charge in [-0.25, -0.2) is 0 Å². The van der Waals surface area contributed by atoms with Crippen molar-refractivity contribution < 1.29 is 52.7 Å². The van der Waals surface area contributed by atoms with Gasteiger partial charge in [0, 0.05) is 0 Å². The topological polar surface area (TPSA) is 0 Å². The zero-order valence-electron chi connectivity index (χ0n) is 20.2. The average molecular weight is 590 g/mol. The van der Waals surface area contributed by atoms with Crippen molar-refractivity contribution in [1.29, 1.82) is 0 Å². The van der Waals surface area contributed by atoms with Crippen LogP contribution < -0.4 is 0 Å². The smallest absolute Gasteiger partial charge is 0.166 e. The van der Waals surface area contributed by atoms with E-state index in [4.69, 9.17) is 0 Å². The highest BCUT2D eigenvalue weighted by molar-refractivity contribution is 5.83. The van der Waals surface area contributed by atoms with Crippen molar-refractivity contribution in [1.82, 2.24) is 0 Å². The zero-order chi connectivity index (χ0) is 30.1. The molecule has 0 spiro atoms. The summed E-state index contributed by atoms with van der Waals surface area (Å²) in [6.07, 6.45) is -20.0. The maximum absolute atomic E-state index is 13.3. The first kappa shape index (κ1) is 28.6. The molecule has 1 aliphatic rings. The molecule has 214 valence electrons. The van der Waals surface area contributed by atoms with Gasteiger partial charge in [0.05, 0.1) is 22.3 Å². The molecule has 0 radical (unpaired) electrons. The Morgan fingerprint density at radius 2 is 0.634 bits per heavy atom. The van der Waals surface area contributed by atoms with Crippen LogP contribution >= 0.6 is 0 Å². The van der Waals surface area contributed by atoms with E-state index >= 15 is 0 Å². The normalized spacial score (nSPS) is 13.8. The lowest BCUT2D eigenvalue weighted by Crippen LogP contribution is -2.11. The molecule has 0 saturated carbocycles. The van der Waals surface area contributed by atoms with Gasteiger partial charge in [0.1, 0.15) is 0 Å². The number of hydrogen-bond donors (Lipinski definition) is 0. The van der Waals surface area contributed by atoms with Crippen LogP contribution in [0.4, 0.5) is 52.7 Å². The summed E-state index contributed by atoms with van der Waals surface area (Å²) in [5.74, 6) is 0. The van der Waals surface area contributed by atoms with E-state index in [2.05, 4.69) is 0 Å². The number of alkyl halides is 12. The second-order valence-electron chi connectivity index (χ2n) is 9.51. The summed E-state index contributed by atoms with van der Waals surface area (Å²) >= 11 is 0. The highest BCUT2D eigenvalue weighted by Gasteiger charge is 2.38. The van der Waals surface area contributed by atoms with E-state index in [1.807, 2.05) is 0 Å². The molecular formula is C29H14F12. The van der Waals surface area contributed by atoms with Gasteiger partial charge in [-0.05, 0) is 87.3 Å². The van der Waals surface area contributed by atoms with Gasteiger partial charge < -0.3 is 0 Å². The van der Waals surface area contributed by atoms with E-state index in [9.17, 15) is 52.7 Å². The van der Waals surface area contributed by atoms with Gasteiger partial charge >= 0.3 is 24.7 Å². The lowest BCUT2D eigenvalue weighted by Gasteiger charge is -2.15. The van der Waals surface area contributed by atoms with E-state index in [-0.39, 0.29) is 40.8 Å². The molecule has 0 atom stereocenters. The SMILES string of the molecule is FC(F)(F)c1cc(-c2ccc3c(c2)Cc2cc(-c4cc(C(F)(F)F)cc(C(F)(F)F)c4)ccc2-3)cc(C(F)(F)F)c1. The Labute approximate surface area is 223 Å². The largest absolute Gasteiger partial charge is 0.416 e. The maximum Gasteiger partial charge on any atom is 0.416 e. The van der Waals surface area contributed by atoms with Crippen LogP contribution in [0.25, 0.3) is 33.4 Å². The molecule has 41 heavy (non-hydrogen) atoms. The number of halogens is 12. The summed E-state index contributed by atoms with van der Waals surface area (Å²) in [5.41, 5.74) is -4.22. The van der Waals surface area contributed by atoms with Crippen LogP contribution in [0.3, 0.4) is 0 Å². The van der Waals surface area contributed by atoms with Crippen LogP contribution in [0, 0.1) is 0 Å². The van der Waals surface area contributed by atoms with Crippen molar-refractivity contribution in [2.75, 3.05) is 0 Å². The molecule has 4 aromatic rings. The predicted molar refractivity (Wildman–Crippen MR) is 126 cm³/mol. The van der Waals surface area contributed by atoms with E-state index in [1.54, 1.807) is 0 Å². The first-order chi connectivity index (χ1) is 18.8. The average Bonchev–Trinajstić information content (AvgIpc) is 3.23. The molecule has 0 aromatic heterocycles. The van der Waals surface area contributed by atoms with Crippen molar-refractivity contribution in [3.63, 3.8) is 0 Å². The van der Waals surface area contributed by atoms with Gasteiger partial charge in [-0.3, -0.25) is 0 Å². The lowest BCUT2D eigenvalue weighted by atomic mass is 9.95. The Morgan fingerprint density at radius 3 is 0.902 bits per heavy atom. The number of fused-ring (bicyclic) bond motifs is 3. The van der Waals surface area contributed by atoms with Crippen LogP contribution in [0.15, 0.2) is 72.8 Å². The summed E-state index contributed by atoms with van der Waals surface area (Å²) in [6, 6.07) is 11.0. The summed E-state index contributed by atoms with van der Waals surface area (Å²) < 4.78 is 160. The van der Waals surface area contributed by atoms with Gasteiger partial charge in [-0.2, -0.15) is 52.7 Å². The van der Waals surface area contributed by atoms with Gasteiger partial charge in [0.25, 0.3) is 0 Å². The molecule has 0 aliphatic heterocycles. The van der Waals surface area contributed by atoms with E-state index in [0.29, 0.717) is 46.5 Å². The molecule has 4 aromatic carbocycles. The van der Waals surface area contributed by atoms with Crippen molar-refractivity contribution >= 4 is 0 Å². The Bertz CT molecular complexity index is 1460. The minimum atomic E-state index is -5.03. The Kier molecular flexibility index (Phi) is 6.47. The molecule has 0 unspecified atom stereocenters. The molecule has 0 saturated heterocycles. The molecule has 1 aliphatic carbocycles. The number of hydrogen-bond acceptors (Lipinski definition) is 0. The highest BCUT2D eigenvalue weighted by Crippen LogP contribution is 2.44. The summed E-state index contributed by atoms with van der Waals surface area (Å²) in [7, 11) is 0. The summed E-state index contributed by atoms with van der Waals surface area (Å²) in [5, 5.41) is 0. The van der Waals surface area contributed by atoms with Crippen molar-refractivity contribution in [3.05, 3.63) is 106 Å². The summed E-state index contributed by atoms with van der Waals surface area (Å²) in [6.45, 7) is 0. The van der Waals surface area contributed by atoms with Crippen LogP contribution in [0.5, 0.6) is 0 Å². The molecule has 0 fully saturated rings. The Hall–Kier alpha value is -3.96. The maximum atomic E-state index is 13.3. The first-order valence-corrected chi connectivity index (χ1v) is 11.7. The third kappa shape index (κ3) is 5.64. The van der Waals surface area contributed by atoms with Gasteiger partial charge in [-0.15, -0.1) is 0 Å². The Morgan fingerprint density at radius 1 is 0.341 bits per heavy atom. The molecule has 0 nitrogen and oxygen atoms in total. The van der Waals surface area contributed by atoms with Gasteiger partial charge in [0.15, 0.2) is 0 Å². The monoisotopic (exact) mass is 590 g/mol. The van der Waals surface area contributed by atoms with Gasteiger partial charge in [-0.1, -0.05) is 36.4 Å². The minimum Gasteiger partial charge on any atom is -0.166 e. The standard InChI is InChI=1S/C29H14F12/c30-26(31,32)20-8-16(9-21(12-20)27(33,34)35)14-1-3-24-18(5-14)7-19-6-15(2-4-25(19)24)17-10-22(28(36,37)38)13-23(11-17)29(39,40)41/h1-6,8-13H,7H2. The molecule has 0 bridgehead atoms. The van der Waals surface area contributed by atoms with Crippen LogP contribution in [-0.4, -0.2) is 0 Å². The first-order valence-electron chi connectivity index (χ1n) is 11.7. The number of rotatable bonds is 2. The summed E-state index contributed by atoms with van der Waals surface area (Å²) in [4.78, 5) is 0. The molecule has 0 heterocycles. The van der Waals surface area contributed by atoms with E-state index in [0.717, 1.165) is 0 Å². The quantitative estimate of drug-likeness (QED) is 0.180. The second kappa shape index (κ2) is 9.28. The fraction of sp³-hybridized carbons (Fsp3) is 0.172. The lowest BCUT2D eigenvalue weighted by molar-refractivity contribution is -0.144. The minimum absolute atomic E-state index is 0.0201. The molecule has 0 amide bonds. The zero-order valence-corrected chi connectivity index (χ0v) is 20.2. The third-order valence-corrected chi connectivity index (χ3v) is 6.72. The molecular weight excluding hydrogens is 576 g/mol. The van der Waals surface area contributed by atoms with Crippen LogP contribution in [0.1, 0.15) is 33.4 Å². The fourth-order valence-electron chi connectivity index (χ4n) is 4.81. The predicted octanol–water partition coefficient (Wildman–Crippen LogP) is 10.7. The van der Waals surface area contributed by atoms with E-state index < -0.39 is 47.0 Å².